The molecule has 2 heterocycles. The van der Waals surface area contributed by atoms with Gasteiger partial charge in [-0.2, -0.15) is 0 Å². The van der Waals surface area contributed by atoms with Gasteiger partial charge in [-0.1, -0.05) is 42.8 Å². The molecule has 10 heteroatoms. The lowest BCUT2D eigenvalue weighted by atomic mass is 10.1. The van der Waals surface area contributed by atoms with Crippen molar-refractivity contribution in [2.75, 3.05) is 18.4 Å². The summed E-state index contributed by atoms with van der Waals surface area (Å²) in [5.74, 6) is -0.821. The zero-order valence-electron chi connectivity index (χ0n) is 20.1. The first-order valence-electron chi connectivity index (χ1n) is 12.1. The van der Waals surface area contributed by atoms with Crippen LogP contribution < -0.4 is 5.32 Å². The number of hydrogen-bond acceptors (Lipinski definition) is 7. The van der Waals surface area contributed by atoms with Crippen molar-refractivity contribution in [3.63, 3.8) is 0 Å². The Morgan fingerprint density at radius 3 is 2.49 bits per heavy atom. The lowest BCUT2D eigenvalue weighted by Crippen LogP contribution is -2.31. The van der Waals surface area contributed by atoms with Crippen LogP contribution in [0.15, 0.2) is 83.0 Å². The molecule has 2 N–H and O–H groups in total. The number of aromatic hydroxyl groups is 1. The zero-order chi connectivity index (χ0) is 25.8. The number of rotatable bonds is 7. The quantitative estimate of drug-likeness (QED) is 0.173. The van der Waals surface area contributed by atoms with E-state index < -0.39 is 10.8 Å². The van der Waals surface area contributed by atoms with E-state index in [9.17, 15) is 20.0 Å². The first-order valence-corrected chi connectivity index (χ1v) is 12.1. The third kappa shape index (κ3) is 5.19. The third-order valence-electron chi connectivity index (χ3n) is 6.44. The number of aromatic nitrogens is 1. The summed E-state index contributed by atoms with van der Waals surface area (Å²) in [5.41, 5.74) is 1.68. The minimum atomic E-state index is -0.748. The Kier molecular flexibility index (Phi) is 6.91. The van der Waals surface area contributed by atoms with Gasteiger partial charge in [0, 0.05) is 17.1 Å². The molecule has 1 amide bonds. The predicted molar refractivity (Wildman–Crippen MR) is 141 cm³/mol. The predicted octanol–water partition coefficient (Wildman–Crippen LogP) is 6.37. The van der Waals surface area contributed by atoms with E-state index in [0.717, 1.165) is 31.4 Å². The smallest absolute Gasteiger partial charge is 0.295 e. The molecule has 10 nitrogen and oxygen atoms in total. The second kappa shape index (κ2) is 10.6. The number of nitro benzene ring substituents is 1. The summed E-state index contributed by atoms with van der Waals surface area (Å²) in [5, 5.41) is 34.2. The molecule has 0 atom stereocenters. The van der Waals surface area contributed by atoms with Crippen LogP contribution in [0.25, 0.3) is 10.9 Å². The molecule has 0 bridgehead atoms. The minimum absolute atomic E-state index is 0.0191. The number of anilines is 2. The molecule has 0 aliphatic carbocycles. The number of fused-ring (bicyclic) bond motifs is 1. The molecule has 1 aromatic heterocycles. The maximum Gasteiger partial charge on any atom is 0.295 e. The van der Waals surface area contributed by atoms with Crippen molar-refractivity contribution >= 4 is 39.6 Å². The van der Waals surface area contributed by atoms with E-state index in [1.165, 1.54) is 24.6 Å². The summed E-state index contributed by atoms with van der Waals surface area (Å²) in [6, 6.07) is 20.5. The van der Waals surface area contributed by atoms with Gasteiger partial charge in [-0.3, -0.25) is 24.4 Å². The second-order valence-electron chi connectivity index (χ2n) is 8.92. The maximum absolute atomic E-state index is 12.8. The molecule has 4 aromatic rings. The van der Waals surface area contributed by atoms with Gasteiger partial charge in [0.05, 0.1) is 22.7 Å². The molecular formula is C27H26N6O4. The summed E-state index contributed by atoms with van der Waals surface area (Å²) >= 11 is 0. The number of piperidine rings is 1. The molecule has 0 unspecified atom stereocenters. The van der Waals surface area contributed by atoms with Crippen LogP contribution in [-0.2, 0) is 6.67 Å². The highest BCUT2D eigenvalue weighted by atomic mass is 16.6. The summed E-state index contributed by atoms with van der Waals surface area (Å²) < 4.78 is 1.77. The number of likely N-dealkylation sites (tertiary alicyclic amines) is 1. The lowest BCUT2D eigenvalue weighted by molar-refractivity contribution is -0.383. The highest BCUT2D eigenvalue weighted by molar-refractivity contribution is 5.98. The largest absolute Gasteiger partial charge is 0.493 e. The summed E-state index contributed by atoms with van der Waals surface area (Å²) in [4.78, 5) is 26.2. The van der Waals surface area contributed by atoms with E-state index in [0.29, 0.717) is 17.7 Å². The average molecular weight is 499 g/mol. The normalized spacial score (nSPS) is 14.3. The number of azo groups is 1. The van der Waals surface area contributed by atoms with Gasteiger partial charge < -0.3 is 10.4 Å². The number of amides is 1. The molecule has 188 valence electrons. The van der Waals surface area contributed by atoms with E-state index in [1.807, 2.05) is 42.5 Å². The van der Waals surface area contributed by atoms with Gasteiger partial charge in [0.15, 0.2) is 5.69 Å². The monoisotopic (exact) mass is 498 g/mol. The van der Waals surface area contributed by atoms with Crippen molar-refractivity contribution in [1.82, 2.24) is 9.47 Å². The van der Waals surface area contributed by atoms with Gasteiger partial charge in [0.1, 0.15) is 5.69 Å². The van der Waals surface area contributed by atoms with Gasteiger partial charge in [-0.05, 0) is 56.3 Å². The highest BCUT2D eigenvalue weighted by Gasteiger charge is 2.21. The van der Waals surface area contributed by atoms with E-state index in [1.54, 1.807) is 16.7 Å². The Bertz CT molecular complexity index is 1480. The van der Waals surface area contributed by atoms with Crippen molar-refractivity contribution in [2.24, 2.45) is 10.2 Å². The van der Waals surface area contributed by atoms with Crippen molar-refractivity contribution in [2.45, 2.75) is 25.9 Å². The zero-order valence-corrected chi connectivity index (χ0v) is 20.1. The summed E-state index contributed by atoms with van der Waals surface area (Å²) in [6.07, 6.45) is 3.44. The fraction of sp³-hybridized carbons (Fsp3) is 0.222. The number of hydrogen-bond donors (Lipinski definition) is 2. The average Bonchev–Trinajstić information content (AvgIpc) is 3.19. The fourth-order valence-corrected chi connectivity index (χ4v) is 4.57. The number of carbonyl (C=O) groups is 1. The first kappa shape index (κ1) is 24.1. The Labute approximate surface area is 213 Å². The Hall–Kier alpha value is -4.57. The Morgan fingerprint density at radius 2 is 1.73 bits per heavy atom. The molecule has 3 aromatic carbocycles. The molecule has 1 aliphatic heterocycles. The Balaban J connectivity index is 1.42. The van der Waals surface area contributed by atoms with Crippen molar-refractivity contribution < 1.29 is 14.8 Å². The standard InChI is InChI=1S/C27H26N6O4/c34-26(19-13-14-22(24(17-19)33(36)37)28-20-9-3-1-4-10-20)30-29-25-21-11-5-6-12-23(21)32(27(25)35)18-31-15-7-2-8-16-31/h1,3-6,9-14,17,28,35H,2,7-8,15-16,18H2. The number of para-hydroxylation sites is 2. The molecular weight excluding hydrogens is 472 g/mol. The highest BCUT2D eigenvalue weighted by Crippen LogP contribution is 2.39. The SMILES string of the molecule is O=C(N=Nc1c(O)n(CN2CCCCC2)c2ccccc12)c1ccc(Nc2ccccc2)c([N+](=O)[O-])c1. The van der Waals surface area contributed by atoms with E-state index in [2.05, 4.69) is 20.4 Å². The van der Waals surface area contributed by atoms with Crippen LogP contribution in [0.1, 0.15) is 29.6 Å². The van der Waals surface area contributed by atoms with Gasteiger partial charge >= 0.3 is 0 Å². The fourth-order valence-electron chi connectivity index (χ4n) is 4.57. The number of nitrogens with zero attached hydrogens (tertiary/aromatic N) is 5. The number of benzene rings is 3. The molecule has 5 rings (SSSR count). The number of carbonyl (C=O) groups excluding carboxylic acids is 1. The number of nitro groups is 1. The van der Waals surface area contributed by atoms with Crippen LogP contribution >= 0.6 is 0 Å². The van der Waals surface area contributed by atoms with Gasteiger partial charge in [-0.25, -0.2) is 0 Å². The van der Waals surface area contributed by atoms with Crippen LogP contribution in [0, 0.1) is 10.1 Å². The molecule has 37 heavy (non-hydrogen) atoms. The van der Waals surface area contributed by atoms with Crippen molar-refractivity contribution in [3.8, 4) is 5.88 Å². The van der Waals surface area contributed by atoms with Gasteiger partial charge in [-0.15, -0.1) is 10.2 Å². The molecule has 1 saturated heterocycles. The molecule has 1 aliphatic rings. The molecule has 0 saturated carbocycles. The van der Waals surface area contributed by atoms with Crippen LogP contribution in [0.3, 0.4) is 0 Å². The van der Waals surface area contributed by atoms with Crippen LogP contribution in [0.5, 0.6) is 5.88 Å². The maximum atomic E-state index is 12.8. The van der Waals surface area contributed by atoms with Crippen LogP contribution in [0.2, 0.25) is 0 Å². The lowest BCUT2D eigenvalue weighted by Gasteiger charge is -2.27. The number of nitrogens with one attached hydrogen (secondary N) is 1. The van der Waals surface area contributed by atoms with E-state index in [-0.39, 0.29) is 28.5 Å². The topological polar surface area (TPSA) is 125 Å². The third-order valence-corrected chi connectivity index (χ3v) is 6.44. The van der Waals surface area contributed by atoms with Crippen molar-refractivity contribution in [1.29, 1.82) is 0 Å². The first-order chi connectivity index (χ1) is 18.0. The molecule has 0 radical (unpaired) electrons. The van der Waals surface area contributed by atoms with E-state index in [4.69, 9.17) is 0 Å². The second-order valence-corrected chi connectivity index (χ2v) is 8.92. The molecule has 1 fully saturated rings. The van der Waals surface area contributed by atoms with Crippen LogP contribution in [0.4, 0.5) is 22.7 Å². The Morgan fingerprint density at radius 1 is 1.00 bits per heavy atom. The van der Waals surface area contributed by atoms with Crippen molar-refractivity contribution in [3.05, 3.63) is 88.5 Å². The minimum Gasteiger partial charge on any atom is -0.493 e. The summed E-state index contributed by atoms with van der Waals surface area (Å²) in [6.45, 7) is 2.42. The van der Waals surface area contributed by atoms with Crippen LogP contribution in [-0.4, -0.2) is 38.5 Å². The summed E-state index contributed by atoms with van der Waals surface area (Å²) in [7, 11) is 0. The van der Waals surface area contributed by atoms with Gasteiger partial charge in [0.25, 0.3) is 11.6 Å². The van der Waals surface area contributed by atoms with E-state index >= 15 is 0 Å². The molecule has 0 spiro atoms. The van der Waals surface area contributed by atoms with Gasteiger partial charge in [0.2, 0.25) is 5.88 Å².